The number of carbonyl (C=O) groups excluding carboxylic acids is 1. The molecule has 0 saturated carbocycles. The smallest absolute Gasteiger partial charge is 0.277 e. The van der Waals surface area contributed by atoms with Crippen LogP contribution in [-0.4, -0.2) is 25.5 Å². The molecule has 0 bridgehead atoms. The van der Waals surface area contributed by atoms with Crippen LogP contribution in [-0.2, 0) is 12.8 Å². The van der Waals surface area contributed by atoms with Gasteiger partial charge in [-0.2, -0.15) is 10.2 Å². The van der Waals surface area contributed by atoms with E-state index in [0.29, 0.717) is 5.69 Å². The second-order valence-electron chi connectivity index (χ2n) is 7.04. The van der Waals surface area contributed by atoms with E-state index in [2.05, 4.69) is 24.3 Å². The minimum atomic E-state index is -0.195. The Hall–Kier alpha value is -2.89. The van der Waals surface area contributed by atoms with Crippen molar-refractivity contribution < 1.29 is 4.79 Å². The zero-order chi connectivity index (χ0) is 18.3. The van der Waals surface area contributed by atoms with Gasteiger partial charge in [0.15, 0.2) is 5.69 Å². The summed E-state index contributed by atoms with van der Waals surface area (Å²) in [5, 5.41) is 12.3. The van der Waals surface area contributed by atoms with Gasteiger partial charge in [0.25, 0.3) is 5.91 Å². The quantitative estimate of drug-likeness (QED) is 0.781. The molecule has 1 aromatic carbocycles. The first-order valence-corrected chi connectivity index (χ1v) is 9.08. The maximum atomic E-state index is 12.9. The van der Waals surface area contributed by atoms with Crippen LogP contribution in [0, 0.1) is 6.92 Å². The lowest BCUT2D eigenvalue weighted by Crippen LogP contribution is -2.17. The highest BCUT2D eigenvalue weighted by Crippen LogP contribution is 2.31. The van der Waals surface area contributed by atoms with Crippen molar-refractivity contribution in [1.82, 2.24) is 19.6 Å². The maximum Gasteiger partial charge on any atom is 0.277 e. The van der Waals surface area contributed by atoms with Gasteiger partial charge in [-0.1, -0.05) is 18.2 Å². The Balaban J connectivity index is 1.70. The van der Waals surface area contributed by atoms with Gasteiger partial charge < -0.3 is 5.32 Å². The third-order valence-corrected chi connectivity index (χ3v) is 4.78. The number of benzene rings is 1. The summed E-state index contributed by atoms with van der Waals surface area (Å²) in [5.74, 6) is 0.574. The largest absolute Gasteiger partial charge is 0.305 e. The SMILES string of the molecule is Cc1cc(C(=O)Nc2c3c(nn2-c2ccccc2)CCC3)nn1C(C)C. The number of aryl methyl sites for hydroxylation is 2. The number of hydrogen-bond donors (Lipinski definition) is 1. The molecule has 1 amide bonds. The van der Waals surface area contributed by atoms with Crippen LogP contribution in [0.25, 0.3) is 5.69 Å². The van der Waals surface area contributed by atoms with Crippen molar-refractivity contribution in [2.24, 2.45) is 0 Å². The van der Waals surface area contributed by atoms with Crippen LogP contribution in [0.2, 0.25) is 0 Å². The zero-order valence-corrected chi connectivity index (χ0v) is 15.4. The first-order chi connectivity index (χ1) is 12.5. The van der Waals surface area contributed by atoms with Gasteiger partial charge >= 0.3 is 0 Å². The number of fused-ring (bicyclic) bond motifs is 1. The molecule has 2 aromatic heterocycles. The summed E-state index contributed by atoms with van der Waals surface area (Å²) in [6.45, 7) is 6.08. The summed E-state index contributed by atoms with van der Waals surface area (Å²) in [5.41, 5.74) is 4.58. The van der Waals surface area contributed by atoms with Gasteiger partial charge in [-0.25, -0.2) is 4.68 Å². The highest BCUT2D eigenvalue weighted by molar-refractivity contribution is 6.03. The molecule has 1 aliphatic carbocycles. The van der Waals surface area contributed by atoms with Crippen LogP contribution < -0.4 is 5.32 Å². The average Bonchev–Trinajstić information content (AvgIpc) is 3.31. The first kappa shape index (κ1) is 16.6. The van der Waals surface area contributed by atoms with Gasteiger partial charge in [-0.3, -0.25) is 9.48 Å². The van der Waals surface area contributed by atoms with Crippen molar-refractivity contribution in [1.29, 1.82) is 0 Å². The van der Waals surface area contributed by atoms with Crippen molar-refractivity contribution in [3.05, 3.63) is 59.0 Å². The van der Waals surface area contributed by atoms with Gasteiger partial charge in [0, 0.05) is 17.3 Å². The third-order valence-electron chi connectivity index (χ3n) is 4.78. The molecule has 1 aliphatic rings. The number of amides is 1. The van der Waals surface area contributed by atoms with E-state index < -0.39 is 0 Å². The molecule has 0 saturated heterocycles. The predicted molar refractivity (Wildman–Crippen MR) is 101 cm³/mol. The Bertz CT molecular complexity index is 952. The Morgan fingerprint density at radius 1 is 1.15 bits per heavy atom. The van der Waals surface area contributed by atoms with Gasteiger partial charge in [0.2, 0.25) is 0 Å². The van der Waals surface area contributed by atoms with Crippen LogP contribution >= 0.6 is 0 Å². The summed E-state index contributed by atoms with van der Waals surface area (Å²) in [7, 11) is 0. The van der Waals surface area contributed by atoms with E-state index in [-0.39, 0.29) is 11.9 Å². The topological polar surface area (TPSA) is 64.7 Å². The Morgan fingerprint density at radius 2 is 1.92 bits per heavy atom. The molecule has 0 fully saturated rings. The lowest BCUT2D eigenvalue weighted by molar-refractivity contribution is 0.102. The molecular weight excluding hydrogens is 326 g/mol. The lowest BCUT2D eigenvalue weighted by Gasteiger charge is -2.10. The number of rotatable bonds is 4. The first-order valence-electron chi connectivity index (χ1n) is 9.08. The van der Waals surface area contributed by atoms with Crippen LogP contribution in [0.15, 0.2) is 36.4 Å². The van der Waals surface area contributed by atoms with E-state index in [9.17, 15) is 4.79 Å². The van der Waals surface area contributed by atoms with E-state index in [1.807, 2.05) is 52.7 Å². The molecule has 6 heteroatoms. The molecule has 0 spiro atoms. The maximum absolute atomic E-state index is 12.9. The lowest BCUT2D eigenvalue weighted by atomic mass is 10.2. The summed E-state index contributed by atoms with van der Waals surface area (Å²) in [4.78, 5) is 12.9. The van der Waals surface area contributed by atoms with Crippen molar-refractivity contribution in [2.75, 3.05) is 5.32 Å². The number of carbonyl (C=O) groups is 1. The highest BCUT2D eigenvalue weighted by atomic mass is 16.2. The van der Waals surface area contributed by atoms with E-state index in [1.165, 1.54) is 0 Å². The Labute approximate surface area is 152 Å². The number of nitrogens with zero attached hydrogens (tertiary/aromatic N) is 4. The molecule has 0 atom stereocenters. The Kier molecular flexibility index (Phi) is 4.11. The number of aromatic nitrogens is 4. The fourth-order valence-electron chi connectivity index (χ4n) is 3.57. The van der Waals surface area contributed by atoms with Crippen LogP contribution in [0.5, 0.6) is 0 Å². The van der Waals surface area contributed by atoms with Crippen LogP contribution in [0.4, 0.5) is 5.82 Å². The van der Waals surface area contributed by atoms with Gasteiger partial charge in [0.1, 0.15) is 5.82 Å². The summed E-state index contributed by atoms with van der Waals surface area (Å²) >= 11 is 0. The fourth-order valence-corrected chi connectivity index (χ4v) is 3.57. The minimum Gasteiger partial charge on any atom is -0.305 e. The second-order valence-corrected chi connectivity index (χ2v) is 7.04. The van der Waals surface area contributed by atoms with Crippen molar-refractivity contribution in [3.63, 3.8) is 0 Å². The van der Waals surface area contributed by atoms with Gasteiger partial charge in [-0.05, 0) is 58.2 Å². The molecule has 0 radical (unpaired) electrons. The molecule has 1 N–H and O–H groups in total. The monoisotopic (exact) mass is 349 g/mol. The number of nitrogens with one attached hydrogen (secondary N) is 1. The van der Waals surface area contributed by atoms with E-state index in [1.54, 1.807) is 0 Å². The van der Waals surface area contributed by atoms with E-state index in [0.717, 1.165) is 47.7 Å². The molecule has 134 valence electrons. The third kappa shape index (κ3) is 2.81. The van der Waals surface area contributed by atoms with Crippen molar-refractivity contribution in [2.45, 2.75) is 46.1 Å². The molecule has 26 heavy (non-hydrogen) atoms. The zero-order valence-electron chi connectivity index (χ0n) is 15.4. The molecule has 6 nitrogen and oxygen atoms in total. The number of anilines is 1. The average molecular weight is 349 g/mol. The molecule has 2 heterocycles. The summed E-state index contributed by atoms with van der Waals surface area (Å²) in [6, 6.07) is 12.0. The molecule has 4 rings (SSSR count). The Morgan fingerprint density at radius 3 is 2.62 bits per heavy atom. The van der Waals surface area contributed by atoms with E-state index in [4.69, 9.17) is 5.10 Å². The molecular formula is C20H23N5O. The fraction of sp³-hybridized carbons (Fsp3) is 0.350. The summed E-state index contributed by atoms with van der Waals surface area (Å²) < 4.78 is 3.71. The number of para-hydroxylation sites is 1. The van der Waals surface area contributed by atoms with Crippen LogP contribution in [0.1, 0.15) is 53.7 Å². The van der Waals surface area contributed by atoms with Gasteiger partial charge in [0.05, 0.1) is 11.4 Å². The normalized spacial score (nSPS) is 13.2. The van der Waals surface area contributed by atoms with Crippen molar-refractivity contribution in [3.8, 4) is 5.69 Å². The predicted octanol–water partition coefficient (Wildman–Crippen LogP) is 3.70. The number of hydrogen-bond acceptors (Lipinski definition) is 3. The standard InChI is InChI=1S/C20H23N5O/c1-13(2)24-14(3)12-18(23-24)20(26)21-19-16-10-7-11-17(16)22-25(19)15-8-5-4-6-9-15/h4-6,8-9,12-13H,7,10-11H2,1-3H3,(H,21,26). The molecule has 0 aliphatic heterocycles. The molecule has 3 aromatic rings. The second kappa shape index (κ2) is 6.44. The highest BCUT2D eigenvalue weighted by Gasteiger charge is 2.25. The minimum absolute atomic E-state index is 0.195. The molecule has 0 unspecified atom stereocenters. The van der Waals surface area contributed by atoms with Crippen molar-refractivity contribution >= 4 is 11.7 Å². The van der Waals surface area contributed by atoms with E-state index >= 15 is 0 Å². The summed E-state index contributed by atoms with van der Waals surface area (Å²) in [6.07, 6.45) is 2.98. The van der Waals surface area contributed by atoms with Crippen LogP contribution in [0.3, 0.4) is 0 Å². The van der Waals surface area contributed by atoms with Gasteiger partial charge in [-0.15, -0.1) is 0 Å².